The number of piperazine rings is 1. The first-order valence-corrected chi connectivity index (χ1v) is 13.6. The van der Waals surface area contributed by atoms with Crippen molar-refractivity contribution in [2.24, 2.45) is 11.7 Å². The lowest BCUT2D eigenvalue weighted by Gasteiger charge is -2.44. The van der Waals surface area contributed by atoms with E-state index in [-0.39, 0.29) is 25.1 Å². The smallest absolute Gasteiger partial charge is 0.231 e. The highest BCUT2D eigenvalue weighted by Gasteiger charge is 2.32. The fourth-order valence-electron chi connectivity index (χ4n) is 4.92. The van der Waals surface area contributed by atoms with Gasteiger partial charge in [-0.1, -0.05) is 54.7 Å². The van der Waals surface area contributed by atoms with E-state index in [0.717, 1.165) is 33.8 Å². The predicted octanol–water partition coefficient (Wildman–Crippen LogP) is 5.59. The number of nitrogens with zero attached hydrogens (tertiary/aromatic N) is 4. The van der Waals surface area contributed by atoms with Gasteiger partial charge in [0.05, 0.1) is 22.8 Å². The summed E-state index contributed by atoms with van der Waals surface area (Å²) in [6.45, 7) is 13.1. The van der Waals surface area contributed by atoms with Gasteiger partial charge in [0.1, 0.15) is 18.2 Å². The minimum Gasteiger partial charge on any atom is -0.487 e. The molecule has 0 radical (unpaired) electrons. The predicted molar refractivity (Wildman–Crippen MR) is 154 cm³/mol. The van der Waals surface area contributed by atoms with Crippen LogP contribution in [0.4, 0.5) is 5.82 Å². The van der Waals surface area contributed by atoms with E-state index < -0.39 is 0 Å². The molecular weight excluding hydrogens is 521 g/mol. The molecule has 0 spiro atoms. The molecule has 1 atom stereocenters. The maximum Gasteiger partial charge on any atom is 0.231 e. The summed E-state index contributed by atoms with van der Waals surface area (Å²) >= 11 is 12.6. The molecule has 1 saturated heterocycles. The van der Waals surface area contributed by atoms with Gasteiger partial charge in [-0.05, 0) is 50.5 Å². The fourth-order valence-corrected chi connectivity index (χ4v) is 5.25. The molecule has 1 aromatic heterocycles. The number of rotatable bonds is 8. The van der Waals surface area contributed by atoms with E-state index in [9.17, 15) is 4.79 Å². The van der Waals surface area contributed by atoms with Crippen molar-refractivity contribution < 1.29 is 9.53 Å². The number of ether oxygens (including phenoxy) is 1. The highest BCUT2D eigenvalue weighted by molar-refractivity contribution is 6.34. The molecule has 0 aliphatic carbocycles. The number of hydrogen-bond donors (Lipinski definition) is 1. The number of aromatic nitrogens is 2. The van der Waals surface area contributed by atoms with E-state index in [2.05, 4.69) is 55.7 Å². The first kappa shape index (κ1) is 28.1. The summed E-state index contributed by atoms with van der Waals surface area (Å²) in [7, 11) is 0. The van der Waals surface area contributed by atoms with Crippen LogP contribution in [0.1, 0.15) is 36.2 Å². The average Bonchev–Trinajstić information content (AvgIpc) is 2.86. The summed E-state index contributed by atoms with van der Waals surface area (Å²) in [6, 6.07) is 11.6. The van der Waals surface area contributed by atoms with Crippen LogP contribution >= 0.6 is 23.2 Å². The van der Waals surface area contributed by atoms with Crippen LogP contribution in [-0.2, 0) is 11.4 Å². The monoisotopic (exact) mass is 555 g/mol. The molecule has 202 valence electrons. The maximum atomic E-state index is 11.7. The van der Waals surface area contributed by atoms with Crippen molar-refractivity contribution >= 4 is 34.9 Å². The van der Waals surface area contributed by atoms with Crippen LogP contribution in [-0.4, -0.2) is 53.0 Å². The molecule has 1 aliphatic heterocycles. The van der Waals surface area contributed by atoms with Gasteiger partial charge in [-0.25, -0.2) is 9.97 Å². The zero-order valence-corrected chi connectivity index (χ0v) is 24.1. The van der Waals surface area contributed by atoms with E-state index in [4.69, 9.17) is 43.6 Å². The van der Waals surface area contributed by atoms with Crippen LogP contribution in [0.2, 0.25) is 10.0 Å². The lowest BCUT2D eigenvalue weighted by Crippen LogP contribution is -2.57. The highest BCUT2D eigenvalue weighted by Crippen LogP contribution is 2.33. The van der Waals surface area contributed by atoms with Crippen molar-refractivity contribution in [3.05, 3.63) is 68.8 Å². The summed E-state index contributed by atoms with van der Waals surface area (Å²) in [6.07, 6.45) is 0. The van der Waals surface area contributed by atoms with Gasteiger partial charge < -0.3 is 15.4 Å². The number of hydrogen-bond acceptors (Lipinski definition) is 6. The van der Waals surface area contributed by atoms with Crippen LogP contribution in [0.5, 0.6) is 5.75 Å². The molecule has 3 aromatic rings. The Hall–Kier alpha value is -2.87. The SMILES string of the molecule is Cc1ccc(C)c(-c2nc(C)c(COc3cc(Cl)ccc3Cl)c(N3CCN(CC(N)=O)C(C(C)C)C3)n2)c1. The van der Waals surface area contributed by atoms with Crippen LogP contribution in [0.25, 0.3) is 11.4 Å². The summed E-state index contributed by atoms with van der Waals surface area (Å²) in [5, 5.41) is 1.04. The van der Waals surface area contributed by atoms with Crippen LogP contribution in [0.15, 0.2) is 36.4 Å². The largest absolute Gasteiger partial charge is 0.487 e. The van der Waals surface area contributed by atoms with Gasteiger partial charge in [-0.2, -0.15) is 0 Å². The first-order valence-electron chi connectivity index (χ1n) is 12.8. The average molecular weight is 557 g/mol. The molecule has 2 N–H and O–H groups in total. The Bertz CT molecular complexity index is 1330. The third kappa shape index (κ3) is 6.40. The molecule has 2 heterocycles. The van der Waals surface area contributed by atoms with Gasteiger partial charge in [0.15, 0.2) is 5.82 Å². The number of nitrogens with two attached hydrogens (primary N) is 1. The Balaban J connectivity index is 1.76. The second-order valence-corrected chi connectivity index (χ2v) is 11.2. The number of benzene rings is 2. The lowest BCUT2D eigenvalue weighted by molar-refractivity contribution is -0.120. The van der Waals surface area contributed by atoms with E-state index in [1.165, 1.54) is 0 Å². The molecule has 7 nitrogen and oxygen atoms in total. The summed E-state index contributed by atoms with van der Waals surface area (Å²) in [5.74, 6) is 2.03. The standard InChI is InChI=1S/C29H35Cl2N5O2/c1-17(2)25-14-36(11-10-35(25)15-27(32)37)29-23(16-38-26-13-21(30)8-9-24(26)31)20(5)33-28(34-29)22-12-18(3)6-7-19(22)4/h6-9,12-13,17,25H,10-11,14-16H2,1-5H3,(H2,32,37). The van der Waals surface area contributed by atoms with Crippen molar-refractivity contribution in [2.45, 2.75) is 47.3 Å². The topological polar surface area (TPSA) is 84.6 Å². The zero-order chi connectivity index (χ0) is 27.6. The Morgan fingerprint density at radius 1 is 1.11 bits per heavy atom. The molecule has 9 heteroatoms. The molecule has 2 aromatic carbocycles. The van der Waals surface area contributed by atoms with Crippen LogP contribution in [0, 0.1) is 26.7 Å². The third-order valence-corrected chi connectivity index (χ3v) is 7.60. The van der Waals surface area contributed by atoms with Gasteiger partial charge in [0.25, 0.3) is 0 Å². The van der Waals surface area contributed by atoms with E-state index in [1.54, 1.807) is 18.2 Å². The lowest BCUT2D eigenvalue weighted by atomic mass is 9.99. The van der Waals surface area contributed by atoms with Crippen molar-refractivity contribution in [1.82, 2.24) is 14.9 Å². The first-order chi connectivity index (χ1) is 18.0. The van der Waals surface area contributed by atoms with Gasteiger partial charge in [-0.3, -0.25) is 9.69 Å². The van der Waals surface area contributed by atoms with Gasteiger partial charge in [0.2, 0.25) is 5.91 Å². The number of halogens is 2. The number of aryl methyl sites for hydroxylation is 3. The second-order valence-electron chi connectivity index (χ2n) is 10.3. The molecule has 4 rings (SSSR count). The molecule has 1 fully saturated rings. The van der Waals surface area contributed by atoms with E-state index >= 15 is 0 Å². The number of anilines is 1. The van der Waals surface area contributed by atoms with Crippen LogP contribution < -0.4 is 15.4 Å². The molecule has 1 aliphatic rings. The Labute approximate surface area is 234 Å². The second kappa shape index (κ2) is 11.9. The zero-order valence-electron chi connectivity index (χ0n) is 22.6. The highest BCUT2D eigenvalue weighted by atomic mass is 35.5. The Morgan fingerprint density at radius 3 is 2.58 bits per heavy atom. The molecule has 0 bridgehead atoms. The molecule has 1 amide bonds. The summed E-state index contributed by atoms with van der Waals surface area (Å²) in [5.41, 5.74) is 10.5. The van der Waals surface area contributed by atoms with Crippen molar-refractivity contribution in [3.63, 3.8) is 0 Å². The van der Waals surface area contributed by atoms with Crippen molar-refractivity contribution in [2.75, 3.05) is 31.1 Å². The van der Waals surface area contributed by atoms with Gasteiger partial charge in [0, 0.05) is 42.3 Å². The third-order valence-electron chi connectivity index (χ3n) is 7.05. The fraction of sp³-hybridized carbons (Fsp3) is 0.414. The minimum atomic E-state index is -0.313. The van der Waals surface area contributed by atoms with Crippen molar-refractivity contribution in [1.29, 1.82) is 0 Å². The van der Waals surface area contributed by atoms with E-state index in [0.29, 0.717) is 47.2 Å². The maximum absolute atomic E-state index is 11.7. The van der Waals surface area contributed by atoms with Gasteiger partial charge in [-0.15, -0.1) is 0 Å². The Morgan fingerprint density at radius 2 is 1.87 bits per heavy atom. The number of amides is 1. The summed E-state index contributed by atoms with van der Waals surface area (Å²) in [4.78, 5) is 26.2. The molecule has 38 heavy (non-hydrogen) atoms. The minimum absolute atomic E-state index is 0.145. The number of primary amides is 1. The quantitative estimate of drug-likeness (QED) is 0.390. The van der Waals surface area contributed by atoms with Crippen molar-refractivity contribution in [3.8, 4) is 17.1 Å². The molecule has 1 unspecified atom stereocenters. The summed E-state index contributed by atoms with van der Waals surface area (Å²) < 4.78 is 6.16. The van der Waals surface area contributed by atoms with Gasteiger partial charge >= 0.3 is 0 Å². The molecular formula is C29H35Cl2N5O2. The van der Waals surface area contributed by atoms with Crippen LogP contribution in [0.3, 0.4) is 0 Å². The number of carbonyl (C=O) groups is 1. The Kier molecular flexibility index (Phi) is 8.81. The molecule has 0 saturated carbocycles. The van der Waals surface area contributed by atoms with E-state index in [1.807, 2.05) is 6.92 Å². The normalized spacial score (nSPS) is 16.2. The number of carbonyl (C=O) groups excluding carboxylic acids is 1.